The molecule has 0 aliphatic rings. The first kappa shape index (κ1) is 19.6. The molecule has 0 amide bonds. The quantitative estimate of drug-likeness (QED) is 0.833. The van der Waals surface area contributed by atoms with Crippen LogP contribution in [0, 0.1) is 5.41 Å². The lowest BCUT2D eigenvalue weighted by Crippen LogP contribution is -2.45. The Morgan fingerprint density at radius 1 is 1.14 bits per heavy atom. The van der Waals surface area contributed by atoms with Crippen LogP contribution in [0.5, 0.6) is 5.75 Å². The number of rotatable bonds is 5. The third-order valence-corrected chi connectivity index (χ3v) is 5.40. The molecule has 126 valence electrons. The van der Waals surface area contributed by atoms with Crippen molar-refractivity contribution in [1.82, 2.24) is 4.72 Å². The Hall–Kier alpha value is -0.490. The van der Waals surface area contributed by atoms with Gasteiger partial charge in [0.25, 0.3) is 0 Å². The summed E-state index contributed by atoms with van der Waals surface area (Å²) in [6, 6.07) is 2.83. The SMILES string of the molecule is COc1c(S(=O)(=O)NC(C)(C)CC(C)(C)C)ccc(Cl)c1Cl. The third-order valence-electron chi connectivity index (χ3n) is 2.89. The summed E-state index contributed by atoms with van der Waals surface area (Å²) in [5.74, 6) is 0.0493. The second-order valence-corrected chi connectivity index (χ2v) is 9.56. The number of benzene rings is 1. The first-order valence-corrected chi connectivity index (χ1v) is 9.09. The van der Waals surface area contributed by atoms with Gasteiger partial charge in [-0.25, -0.2) is 13.1 Å². The van der Waals surface area contributed by atoms with Crippen LogP contribution in [0.2, 0.25) is 10.0 Å². The van der Waals surface area contributed by atoms with E-state index in [9.17, 15) is 8.42 Å². The van der Waals surface area contributed by atoms with E-state index in [1.165, 1.54) is 19.2 Å². The molecule has 0 radical (unpaired) electrons. The lowest BCUT2D eigenvalue weighted by molar-refractivity contribution is 0.269. The fourth-order valence-corrected chi connectivity index (χ4v) is 4.73. The Morgan fingerprint density at radius 2 is 1.68 bits per heavy atom. The van der Waals surface area contributed by atoms with Crippen LogP contribution in [0.15, 0.2) is 17.0 Å². The molecule has 1 aromatic rings. The molecule has 1 aromatic carbocycles. The summed E-state index contributed by atoms with van der Waals surface area (Å²) in [7, 11) is -2.43. The molecular weight excluding hydrogens is 345 g/mol. The van der Waals surface area contributed by atoms with Gasteiger partial charge in [0, 0.05) is 5.54 Å². The average Bonchev–Trinajstić information content (AvgIpc) is 2.27. The molecule has 0 bridgehead atoms. The zero-order chi connectivity index (χ0) is 17.3. The van der Waals surface area contributed by atoms with Crippen molar-refractivity contribution in [3.63, 3.8) is 0 Å². The lowest BCUT2D eigenvalue weighted by Gasteiger charge is -2.33. The number of hydrogen-bond acceptors (Lipinski definition) is 3. The highest BCUT2D eigenvalue weighted by Gasteiger charge is 2.32. The van der Waals surface area contributed by atoms with Crippen molar-refractivity contribution in [1.29, 1.82) is 0 Å². The van der Waals surface area contributed by atoms with Crippen molar-refractivity contribution >= 4 is 33.2 Å². The Balaban J connectivity index is 3.24. The van der Waals surface area contributed by atoms with Crippen molar-refractivity contribution < 1.29 is 13.2 Å². The molecular formula is C15H23Cl2NO3S. The number of sulfonamides is 1. The highest BCUT2D eigenvalue weighted by Crippen LogP contribution is 2.38. The van der Waals surface area contributed by atoms with Crippen molar-refractivity contribution in [2.75, 3.05) is 7.11 Å². The van der Waals surface area contributed by atoms with Gasteiger partial charge in [-0.1, -0.05) is 44.0 Å². The summed E-state index contributed by atoms with van der Waals surface area (Å²) in [5.41, 5.74) is -0.637. The molecule has 0 aliphatic heterocycles. The van der Waals surface area contributed by atoms with E-state index in [0.717, 1.165) is 0 Å². The molecule has 0 aliphatic carbocycles. The van der Waals surface area contributed by atoms with Crippen molar-refractivity contribution in [3.8, 4) is 5.75 Å². The van der Waals surface area contributed by atoms with Crippen molar-refractivity contribution in [3.05, 3.63) is 22.2 Å². The Kier molecular flexibility index (Phi) is 5.83. The number of methoxy groups -OCH3 is 1. The van der Waals surface area contributed by atoms with Gasteiger partial charge in [-0.15, -0.1) is 0 Å². The zero-order valence-corrected chi connectivity index (χ0v) is 16.1. The van der Waals surface area contributed by atoms with Crippen molar-refractivity contribution in [2.45, 2.75) is 51.5 Å². The molecule has 0 aromatic heterocycles. The number of hydrogen-bond donors (Lipinski definition) is 1. The predicted molar refractivity (Wildman–Crippen MR) is 91.5 cm³/mol. The van der Waals surface area contributed by atoms with Gasteiger partial charge < -0.3 is 4.74 Å². The van der Waals surface area contributed by atoms with Crippen LogP contribution >= 0.6 is 23.2 Å². The summed E-state index contributed by atoms with van der Waals surface area (Å²) in [6.07, 6.45) is 0.670. The molecule has 0 saturated carbocycles. The van der Waals surface area contributed by atoms with E-state index in [2.05, 4.69) is 25.5 Å². The van der Waals surface area contributed by atoms with Crippen LogP contribution in [0.25, 0.3) is 0 Å². The molecule has 0 heterocycles. The highest BCUT2D eigenvalue weighted by atomic mass is 35.5. The summed E-state index contributed by atoms with van der Waals surface area (Å²) < 4.78 is 33.2. The van der Waals surface area contributed by atoms with Crippen LogP contribution < -0.4 is 9.46 Å². The second kappa shape index (κ2) is 6.56. The normalized spacial score (nSPS) is 13.3. The van der Waals surface area contributed by atoms with Gasteiger partial charge in [-0.3, -0.25) is 0 Å². The van der Waals surface area contributed by atoms with E-state index >= 15 is 0 Å². The van der Waals surface area contributed by atoms with Crippen molar-refractivity contribution in [2.24, 2.45) is 5.41 Å². The van der Waals surface area contributed by atoms with E-state index in [-0.39, 0.29) is 26.1 Å². The van der Waals surface area contributed by atoms with Gasteiger partial charge in [0.15, 0.2) is 5.75 Å². The number of halogens is 2. The standard InChI is InChI=1S/C15H23Cl2NO3S/c1-14(2,3)9-15(4,5)18-22(19,20)11-8-7-10(16)12(17)13(11)21-6/h7-8,18H,9H2,1-6H3. The monoisotopic (exact) mass is 367 g/mol. The van der Waals surface area contributed by atoms with Crippen LogP contribution in [0.4, 0.5) is 0 Å². The maximum Gasteiger partial charge on any atom is 0.244 e. The molecule has 0 fully saturated rings. The van der Waals surface area contributed by atoms with Crippen LogP contribution in [-0.2, 0) is 10.0 Å². The maximum absolute atomic E-state index is 12.7. The first-order valence-electron chi connectivity index (χ1n) is 6.85. The lowest BCUT2D eigenvalue weighted by atomic mass is 9.82. The first-order chi connectivity index (χ1) is 9.79. The minimum Gasteiger partial charge on any atom is -0.494 e. The second-order valence-electron chi connectivity index (χ2n) is 7.12. The Labute approximate surface area is 143 Å². The third kappa shape index (κ3) is 5.01. The maximum atomic E-state index is 12.7. The van der Waals surface area contributed by atoms with E-state index < -0.39 is 15.6 Å². The van der Waals surface area contributed by atoms with Gasteiger partial charge >= 0.3 is 0 Å². The molecule has 0 spiro atoms. The summed E-state index contributed by atoms with van der Waals surface area (Å²) in [5, 5.41) is 0.326. The topological polar surface area (TPSA) is 55.4 Å². The molecule has 0 atom stereocenters. The fraction of sp³-hybridized carbons (Fsp3) is 0.600. The van der Waals surface area contributed by atoms with Gasteiger partial charge in [-0.05, 0) is 37.8 Å². The number of nitrogens with one attached hydrogen (secondary N) is 1. The van der Waals surface area contributed by atoms with Crippen LogP contribution in [0.3, 0.4) is 0 Å². The minimum absolute atomic E-state index is 0.0201. The average molecular weight is 368 g/mol. The summed E-state index contributed by atoms with van der Waals surface area (Å²) in [6.45, 7) is 9.87. The largest absolute Gasteiger partial charge is 0.494 e. The Morgan fingerprint density at radius 3 is 2.14 bits per heavy atom. The van der Waals surface area contributed by atoms with Gasteiger partial charge in [-0.2, -0.15) is 0 Å². The molecule has 22 heavy (non-hydrogen) atoms. The van der Waals surface area contributed by atoms with E-state index in [1.807, 2.05) is 13.8 Å². The summed E-state index contributed by atoms with van der Waals surface area (Å²) >= 11 is 11.9. The highest BCUT2D eigenvalue weighted by molar-refractivity contribution is 7.89. The molecule has 7 heteroatoms. The van der Waals surface area contributed by atoms with Gasteiger partial charge in [0.1, 0.15) is 9.92 Å². The minimum atomic E-state index is -3.79. The number of ether oxygens (including phenoxy) is 1. The van der Waals surface area contributed by atoms with E-state index in [1.54, 1.807) is 0 Å². The Bertz CT molecular complexity index is 649. The molecule has 0 saturated heterocycles. The zero-order valence-electron chi connectivity index (χ0n) is 13.8. The molecule has 1 rings (SSSR count). The van der Waals surface area contributed by atoms with E-state index in [0.29, 0.717) is 6.42 Å². The van der Waals surface area contributed by atoms with Crippen LogP contribution in [0.1, 0.15) is 41.0 Å². The molecule has 1 N–H and O–H groups in total. The molecule has 4 nitrogen and oxygen atoms in total. The van der Waals surface area contributed by atoms with Crippen LogP contribution in [-0.4, -0.2) is 21.1 Å². The predicted octanol–water partition coefficient (Wildman–Crippen LogP) is 4.50. The van der Waals surface area contributed by atoms with E-state index in [4.69, 9.17) is 27.9 Å². The molecule has 0 unspecified atom stereocenters. The van der Waals surface area contributed by atoms with Gasteiger partial charge in [0.2, 0.25) is 10.0 Å². The summed E-state index contributed by atoms with van der Waals surface area (Å²) in [4.78, 5) is -0.0219. The van der Waals surface area contributed by atoms with Gasteiger partial charge in [0.05, 0.1) is 12.1 Å². The smallest absolute Gasteiger partial charge is 0.244 e. The fourth-order valence-electron chi connectivity index (χ4n) is 2.70.